The van der Waals surface area contributed by atoms with E-state index in [1.54, 1.807) is 0 Å². The van der Waals surface area contributed by atoms with Crippen LogP contribution in [0.2, 0.25) is 0 Å². The molecule has 0 aromatic carbocycles. The fraction of sp³-hybridized carbons (Fsp3) is 0.500. The standard InChI is InChI=1S/C14H19N3O2S/c1-10-2-3-13(19-10)14-11(9-16-17-14)8-15-12-4-6-20(18)7-5-12/h2-3,9,12,15H,4-8H2,1H3,(H,16,17). The van der Waals surface area contributed by atoms with Crippen molar-refractivity contribution in [2.75, 3.05) is 11.5 Å². The molecule has 0 amide bonds. The molecule has 0 radical (unpaired) electrons. The lowest BCUT2D eigenvalue weighted by Gasteiger charge is -2.22. The van der Waals surface area contributed by atoms with Gasteiger partial charge in [-0.15, -0.1) is 0 Å². The average Bonchev–Trinajstić information content (AvgIpc) is 3.06. The van der Waals surface area contributed by atoms with Gasteiger partial charge in [0.15, 0.2) is 5.76 Å². The first-order valence-corrected chi connectivity index (χ1v) is 8.38. The normalized spacial score (nSPS) is 23.1. The van der Waals surface area contributed by atoms with E-state index in [0.717, 1.165) is 53.7 Å². The van der Waals surface area contributed by atoms with E-state index in [9.17, 15) is 4.21 Å². The molecule has 0 atom stereocenters. The maximum Gasteiger partial charge on any atom is 0.152 e. The van der Waals surface area contributed by atoms with Crippen LogP contribution in [-0.2, 0) is 17.3 Å². The second-order valence-electron chi connectivity index (χ2n) is 5.18. The quantitative estimate of drug-likeness (QED) is 0.904. The van der Waals surface area contributed by atoms with Crippen LogP contribution in [0.4, 0.5) is 0 Å². The Morgan fingerprint density at radius 1 is 1.45 bits per heavy atom. The average molecular weight is 293 g/mol. The van der Waals surface area contributed by atoms with Crippen molar-refractivity contribution in [2.45, 2.75) is 32.4 Å². The summed E-state index contributed by atoms with van der Waals surface area (Å²) in [6.07, 6.45) is 3.81. The minimum atomic E-state index is -0.606. The fourth-order valence-corrected chi connectivity index (χ4v) is 3.78. The van der Waals surface area contributed by atoms with Crippen LogP contribution in [0.3, 0.4) is 0 Å². The summed E-state index contributed by atoms with van der Waals surface area (Å²) >= 11 is 0. The van der Waals surface area contributed by atoms with Gasteiger partial charge in [-0.3, -0.25) is 9.31 Å². The van der Waals surface area contributed by atoms with E-state index in [-0.39, 0.29) is 0 Å². The van der Waals surface area contributed by atoms with Gasteiger partial charge < -0.3 is 9.73 Å². The van der Waals surface area contributed by atoms with Crippen LogP contribution in [0.5, 0.6) is 0 Å². The Labute approximate surface area is 120 Å². The Balaban J connectivity index is 1.64. The highest BCUT2D eigenvalue weighted by molar-refractivity contribution is 7.85. The van der Waals surface area contributed by atoms with Crippen LogP contribution in [0.15, 0.2) is 22.7 Å². The third-order valence-electron chi connectivity index (χ3n) is 3.67. The van der Waals surface area contributed by atoms with Gasteiger partial charge in [-0.1, -0.05) is 0 Å². The number of hydrogen-bond donors (Lipinski definition) is 2. The van der Waals surface area contributed by atoms with Crippen molar-refractivity contribution in [3.05, 3.63) is 29.7 Å². The molecule has 1 aliphatic rings. The zero-order valence-electron chi connectivity index (χ0n) is 11.5. The van der Waals surface area contributed by atoms with Crippen molar-refractivity contribution >= 4 is 10.8 Å². The third-order valence-corrected chi connectivity index (χ3v) is 5.06. The summed E-state index contributed by atoms with van der Waals surface area (Å²) < 4.78 is 17.0. The molecular weight excluding hydrogens is 274 g/mol. The van der Waals surface area contributed by atoms with Crippen molar-refractivity contribution in [3.63, 3.8) is 0 Å². The first kappa shape index (κ1) is 13.6. The first-order chi connectivity index (χ1) is 9.72. The van der Waals surface area contributed by atoms with E-state index in [0.29, 0.717) is 6.04 Å². The lowest BCUT2D eigenvalue weighted by molar-refractivity contribution is 0.475. The Morgan fingerprint density at radius 2 is 2.25 bits per heavy atom. The van der Waals surface area contributed by atoms with Gasteiger partial charge >= 0.3 is 0 Å². The van der Waals surface area contributed by atoms with E-state index in [1.807, 2.05) is 25.3 Å². The highest BCUT2D eigenvalue weighted by Gasteiger charge is 2.18. The summed E-state index contributed by atoms with van der Waals surface area (Å²) in [6.45, 7) is 2.68. The number of nitrogens with one attached hydrogen (secondary N) is 2. The number of aryl methyl sites for hydroxylation is 1. The summed E-state index contributed by atoms with van der Waals surface area (Å²) in [6, 6.07) is 4.36. The van der Waals surface area contributed by atoms with Gasteiger partial charge in [-0.2, -0.15) is 5.10 Å². The molecule has 6 heteroatoms. The van der Waals surface area contributed by atoms with E-state index >= 15 is 0 Å². The monoisotopic (exact) mass is 293 g/mol. The van der Waals surface area contributed by atoms with Crippen LogP contribution >= 0.6 is 0 Å². The Kier molecular flexibility index (Phi) is 4.03. The van der Waals surface area contributed by atoms with Gasteiger partial charge in [0.25, 0.3) is 0 Å². The molecule has 108 valence electrons. The molecule has 3 heterocycles. The second-order valence-corrected chi connectivity index (χ2v) is 6.88. The Bertz CT molecular complexity index is 595. The molecule has 0 unspecified atom stereocenters. The summed E-state index contributed by atoms with van der Waals surface area (Å²) in [5.74, 6) is 3.34. The van der Waals surface area contributed by atoms with Crippen molar-refractivity contribution in [2.24, 2.45) is 0 Å². The molecule has 20 heavy (non-hydrogen) atoms. The number of aromatic nitrogens is 2. The predicted octanol–water partition coefficient (Wildman–Crippen LogP) is 1.98. The lowest BCUT2D eigenvalue weighted by Crippen LogP contribution is -2.35. The summed E-state index contributed by atoms with van der Waals surface area (Å²) in [5.41, 5.74) is 2.04. The number of aromatic amines is 1. The van der Waals surface area contributed by atoms with E-state index in [4.69, 9.17) is 4.42 Å². The Morgan fingerprint density at radius 3 is 2.95 bits per heavy atom. The van der Waals surface area contributed by atoms with Gasteiger partial charge in [-0.05, 0) is 31.9 Å². The smallest absolute Gasteiger partial charge is 0.152 e. The van der Waals surface area contributed by atoms with Crippen molar-refractivity contribution < 1.29 is 8.63 Å². The lowest BCUT2D eigenvalue weighted by atomic mass is 10.1. The molecule has 0 bridgehead atoms. The van der Waals surface area contributed by atoms with Crippen molar-refractivity contribution in [1.29, 1.82) is 0 Å². The van der Waals surface area contributed by atoms with E-state index < -0.39 is 10.8 Å². The highest BCUT2D eigenvalue weighted by atomic mass is 32.2. The molecule has 1 saturated heterocycles. The molecule has 2 N–H and O–H groups in total. The summed E-state index contributed by atoms with van der Waals surface area (Å²) in [5, 5.41) is 10.6. The van der Waals surface area contributed by atoms with E-state index in [1.165, 1.54) is 0 Å². The Hall–Kier alpha value is -1.40. The van der Waals surface area contributed by atoms with Crippen LogP contribution in [-0.4, -0.2) is 32.0 Å². The molecular formula is C14H19N3O2S. The number of H-pyrrole nitrogens is 1. The van der Waals surface area contributed by atoms with Crippen molar-refractivity contribution in [3.8, 4) is 11.5 Å². The minimum Gasteiger partial charge on any atom is -0.460 e. The zero-order chi connectivity index (χ0) is 13.9. The SMILES string of the molecule is Cc1ccc(-c2[nH]ncc2CNC2CCS(=O)CC2)o1. The van der Waals surface area contributed by atoms with Crippen LogP contribution in [0.1, 0.15) is 24.2 Å². The number of nitrogens with zero attached hydrogens (tertiary/aromatic N) is 1. The summed E-state index contributed by atoms with van der Waals surface area (Å²) in [7, 11) is -0.606. The molecule has 1 fully saturated rings. The zero-order valence-corrected chi connectivity index (χ0v) is 12.3. The van der Waals surface area contributed by atoms with Gasteiger partial charge in [0.1, 0.15) is 11.5 Å². The minimum absolute atomic E-state index is 0.453. The van der Waals surface area contributed by atoms with Crippen molar-refractivity contribution in [1.82, 2.24) is 15.5 Å². The molecule has 0 aliphatic carbocycles. The molecule has 0 saturated carbocycles. The molecule has 5 nitrogen and oxygen atoms in total. The third kappa shape index (κ3) is 3.02. The summed E-state index contributed by atoms with van der Waals surface area (Å²) in [4.78, 5) is 0. The van der Waals surface area contributed by atoms with Crippen LogP contribution < -0.4 is 5.32 Å². The number of rotatable bonds is 4. The van der Waals surface area contributed by atoms with Gasteiger partial charge in [-0.25, -0.2) is 0 Å². The van der Waals surface area contributed by atoms with E-state index in [2.05, 4.69) is 15.5 Å². The largest absolute Gasteiger partial charge is 0.460 e. The second kappa shape index (κ2) is 5.93. The maximum atomic E-state index is 11.3. The molecule has 3 rings (SSSR count). The predicted molar refractivity (Wildman–Crippen MR) is 78.8 cm³/mol. The van der Waals surface area contributed by atoms with Crippen LogP contribution in [0.25, 0.3) is 11.5 Å². The molecule has 2 aromatic rings. The van der Waals surface area contributed by atoms with Gasteiger partial charge in [0.05, 0.1) is 6.20 Å². The maximum absolute atomic E-state index is 11.3. The molecule has 0 spiro atoms. The number of hydrogen-bond acceptors (Lipinski definition) is 4. The molecule has 2 aromatic heterocycles. The first-order valence-electron chi connectivity index (χ1n) is 6.90. The number of furan rings is 1. The van der Waals surface area contributed by atoms with Crippen LogP contribution in [0, 0.1) is 6.92 Å². The van der Waals surface area contributed by atoms with Gasteiger partial charge in [0.2, 0.25) is 0 Å². The molecule has 1 aliphatic heterocycles. The fourth-order valence-electron chi connectivity index (χ4n) is 2.48. The highest BCUT2D eigenvalue weighted by Crippen LogP contribution is 2.23. The topological polar surface area (TPSA) is 70.9 Å². The van der Waals surface area contributed by atoms with Gasteiger partial charge in [0, 0.05) is 40.5 Å².